The van der Waals surface area contributed by atoms with Crippen LogP contribution >= 0.6 is 0 Å². The predicted molar refractivity (Wildman–Crippen MR) is 136 cm³/mol. The van der Waals surface area contributed by atoms with Gasteiger partial charge in [0.1, 0.15) is 5.82 Å². The number of pyridine rings is 1. The van der Waals surface area contributed by atoms with Crippen LogP contribution in [0.2, 0.25) is 0 Å². The molecule has 0 amide bonds. The average molecular weight is 481 g/mol. The molecular weight excluding hydrogens is 449 g/mol. The number of anilines is 1. The van der Waals surface area contributed by atoms with E-state index in [0.29, 0.717) is 29.8 Å². The molecule has 1 N–H and O–H groups in total. The predicted octanol–water partition coefficient (Wildman–Crippen LogP) is 7.29. The van der Waals surface area contributed by atoms with Crippen LogP contribution < -0.4 is 5.32 Å². The summed E-state index contributed by atoms with van der Waals surface area (Å²) in [5, 5.41) is 14.7. The third-order valence-electron chi connectivity index (χ3n) is 6.01. The van der Waals surface area contributed by atoms with E-state index in [1.165, 1.54) is 12.2 Å². The third kappa shape index (κ3) is 6.75. The molecular formula is C28H31F3N4. The van der Waals surface area contributed by atoms with Gasteiger partial charge in [-0.3, -0.25) is 0 Å². The molecule has 0 bridgehead atoms. The molecule has 1 aliphatic heterocycles. The van der Waals surface area contributed by atoms with Crippen LogP contribution in [0.5, 0.6) is 0 Å². The lowest BCUT2D eigenvalue weighted by Crippen LogP contribution is -2.38. The van der Waals surface area contributed by atoms with E-state index in [9.17, 15) is 18.4 Å². The van der Waals surface area contributed by atoms with Crippen LogP contribution in [0.25, 0.3) is 10.8 Å². The van der Waals surface area contributed by atoms with Gasteiger partial charge < -0.3 is 10.2 Å². The van der Waals surface area contributed by atoms with Crippen molar-refractivity contribution in [3.63, 3.8) is 0 Å². The van der Waals surface area contributed by atoms with Crippen LogP contribution in [-0.2, 0) is 0 Å². The van der Waals surface area contributed by atoms with Crippen molar-refractivity contribution in [3.8, 4) is 6.07 Å². The molecule has 0 saturated carbocycles. The average Bonchev–Trinajstić information content (AvgIpc) is 2.82. The summed E-state index contributed by atoms with van der Waals surface area (Å²) in [6.45, 7) is 4.37. The second kappa shape index (κ2) is 11.7. The number of hydrogen-bond acceptors (Lipinski definition) is 4. The van der Waals surface area contributed by atoms with Gasteiger partial charge in [-0.15, -0.1) is 0 Å². The fourth-order valence-corrected chi connectivity index (χ4v) is 4.33. The van der Waals surface area contributed by atoms with Crippen LogP contribution in [0.1, 0.15) is 45.1 Å². The summed E-state index contributed by atoms with van der Waals surface area (Å²) in [5.41, 5.74) is 1.56. The van der Waals surface area contributed by atoms with Crippen molar-refractivity contribution in [1.29, 1.82) is 5.26 Å². The first-order valence-corrected chi connectivity index (χ1v) is 11.8. The number of nitrogens with zero attached hydrogens (tertiary/aromatic N) is 3. The molecule has 0 aliphatic carbocycles. The lowest BCUT2D eigenvalue weighted by molar-refractivity contribution is -0.0884. The minimum atomic E-state index is -4.38. The van der Waals surface area contributed by atoms with Gasteiger partial charge >= 0.3 is 6.18 Å². The topological polar surface area (TPSA) is 52.0 Å². The van der Waals surface area contributed by atoms with Gasteiger partial charge in [-0.25, -0.2) is 4.98 Å². The lowest BCUT2D eigenvalue weighted by atomic mass is 9.98. The van der Waals surface area contributed by atoms with Crippen molar-refractivity contribution in [2.75, 3.05) is 18.9 Å². The molecule has 2 heterocycles. The molecule has 35 heavy (non-hydrogen) atoms. The van der Waals surface area contributed by atoms with Crippen molar-refractivity contribution >= 4 is 16.6 Å². The second-order valence-corrected chi connectivity index (χ2v) is 8.59. The first kappa shape index (κ1) is 26.1. The molecule has 0 radical (unpaired) electrons. The number of alkyl halides is 3. The monoisotopic (exact) mass is 480 g/mol. The Morgan fingerprint density at radius 1 is 1.31 bits per heavy atom. The molecule has 1 saturated heterocycles. The van der Waals surface area contributed by atoms with Crippen LogP contribution in [0.4, 0.5) is 19.0 Å². The Labute approximate surface area is 205 Å². The number of piperidine rings is 1. The van der Waals surface area contributed by atoms with E-state index in [-0.39, 0.29) is 6.04 Å². The number of likely N-dealkylation sites (N-methyl/N-ethyl adjacent to an activating group) is 1. The van der Waals surface area contributed by atoms with E-state index in [0.717, 1.165) is 35.9 Å². The van der Waals surface area contributed by atoms with Gasteiger partial charge in [0.05, 0.1) is 23.2 Å². The van der Waals surface area contributed by atoms with E-state index in [1.54, 1.807) is 38.3 Å². The Bertz CT molecular complexity index is 1200. The Morgan fingerprint density at radius 3 is 2.80 bits per heavy atom. The maximum Gasteiger partial charge on any atom is 0.416 e. The van der Waals surface area contributed by atoms with Gasteiger partial charge in [-0.2, -0.15) is 18.4 Å². The lowest BCUT2D eigenvalue weighted by Gasteiger charge is -2.35. The van der Waals surface area contributed by atoms with E-state index in [2.05, 4.69) is 21.3 Å². The summed E-state index contributed by atoms with van der Waals surface area (Å²) in [6.07, 6.45) is 7.85. The zero-order valence-corrected chi connectivity index (χ0v) is 20.4. The molecule has 0 spiro atoms. The first-order chi connectivity index (χ1) is 16.8. The second-order valence-electron chi connectivity index (χ2n) is 8.59. The molecule has 1 aliphatic rings. The molecule has 3 rings (SSSR count). The zero-order valence-electron chi connectivity index (χ0n) is 20.4. The number of rotatable bonds is 7. The van der Waals surface area contributed by atoms with Gasteiger partial charge in [-0.1, -0.05) is 37.3 Å². The number of nitrogens with one attached hydrogen (secondary N) is 1. The molecule has 2 aromatic rings. The molecule has 7 heteroatoms. The summed E-state index contributed by atoms with van der Waals surface area (Å²) < 4.78 is 40.4. The molecule has 1 aromatic heterocycles. The number of fused-ring (bicyclic) bond motifs is 1. The van der Waals surface area contributed by atoms with Crippen LogP contribution in [-0.4, -0.2) is 35.7 Å². The Kier molecular flexibility index (Phi) is 8.75. The van der Waals surface area contributed by atoms with Gasteiger partial charge in [0, 0.05) is 30.9 Å². The largest absolute Gasteiger partial charge is 0.416 e. The number of aromatic nitrogens is 1. The number of allylic oxidation sites excluding steroid dienone is 7. The highest BCUT2D eigenvalue weighted by Gasteiger charge is 2.31. The third-order valence-corrected chi connectivity index (χ3v) is 6.01. The standard InChI is InChI=1S/C28H31F3N4/c1-4-7-20(17-23(8-5-2)28(29,30)31)11-13-26-25(9-6-16-35(26)3)34-27-24-18-21(19-32)10-12-22(24)14-15-33-27/h4,7-8,10,12-15,17-18,25H,5-6,9,11,16H2,1-3H3,(H,33,34)/b7-4-,20-17+,23-8-,26-13-. The summed E-state index contributed by atoms with van der Waals surface area (Å²) in [7, 11) is 2.00. The van der Waals surface area contributed by atoms with E-state index in [4.69, 9.17) is 0 Å². The zero-order chi connectivity index (χ0) is 25.4. The minimum absolute atomic E-state index is 0.0438. The summed E-state index contributed by atoms with van der Waals surface area (Å²) in [6, 6.07) is 9.54. The van der Waals surface area contributed by atoms with Crippen molar-refractivity contribution in [1.82, 2.24) is 9.88 Å². The van der Waals surface area contributed by atoms with Crippen LogP contribution in [0, 0.1) is 11.3 Å². The van der Waals surface area contributed by atoms with Crippen molar-refractivity contribution in [2.24, 2.45) is 0 Å². The normalized spacial score (nSPS) is 18.9. The fraction of sp³-hybridized carbons (Fsp3) is 0.357. The molecule has 4 nitrogen and oxygen atoms in total. The van der Waals surface area contributed by atoms with Gasteiger partial charge in [0.15, 0.2) is 0 Å². The molecule has 1 fully saturated rings. The summed E-state index contributed by atoms with van der Waals surface area (Å²) >= 11 is 0. The highest BCUT2D eigenvalue weighted by Crippen LogP contribution is 2.31. The molecule has 1 atom stereocenters. The van der Waals surface area contributed by atoms with Crippen LogP contribution in [0.3, 0.4) is 0 Å². The Balaban J connectivity index is 1.93. The molecule has 184 valence electrons. The highest BCUT2D eigenvalue weighted by molar-refractivity contribution is 5.92. The SMILES string of the molecule is C\C=C/C(=C\C(=C\CC)C(F)(F)F)C/C=C1/C(Nc2nccc3ccc(C#N)cc23)CCCN1C. The van der Waals surface area contributed by atoms with Crippen molar-refractivity contribution < 1.29 is 13.2 Å². The van der Waals surface area contributed by atoms with E-state index < -0.39 is 11.7 Å². The first-order valence-electron chi connectivity index (χ1n) is 11.8. The van der Waals surface area contributed by atoms with Crippen molar-refractivity contribution in [2.45, 2.75) is 51.7 Å². The van der Waals surface area contributed by atoms with Gasteiger partial charge in [0.2, 0.25) is 0 Å². The molecule has 1 aromatic carbocycles. The van der Waals surface area contributed by atoms with Gasteiger partial charge in [0.25, 0.3) is 0 Å². The van der Waals surface area contributed by atoms with Crippen LogP contribution in [0.15, 0.2) is 77.7 Å². The number of halogens is 3. The number of benzene rings is 1. The Morgan fingerprint density at radius 2 is 2.11 bits per heavy atom. The van der Waals surface area contributed by atoms with E-state index >= 15 is 0 Å². The number of hydrogen-bond donors (Lipinski definition) is 1. The maximum atomic E-state index is 13.5. The quantitative estimate of drug-likeness (QED) is 0.423. The number of likely N-dealkylation sites (tertiary alicyclic amines) is 1. The summed E-state index contributed by atoms with van der Waals surface area (Å²) in [4.78, 5) is 6.67. The van der Waals surface area contributed by atoms with E-state index in [1.807, 2.05) is 31.3 Å². The fourth-order valence-electron chi connectivity index (χ4n) is 4.33. The smallest absolute Gasteiger partial charge is 0.376 e. The molecule has 1 unspecified atom stereocenters. The van der Waals surface area contributed by atoms with Gasteiger partial charge in [-0.05, 0) is 67.8 Å². The minimum Gasteiger partial charge on any atom is -0.376 e. The van der Waals surface area contributed by atoms with Crippen molar-refractivity contribution in [3.05, 3.63) is 83.2 Å². The highest BCUT2D eigenvalue weighted by atomic mass is 19.4. The number of nitriles is 1. The summed E-state index contributed by atoms with van der Waals surface area (Å²) in [5.74, 6) is 0.695. The Hall–Kier alpha value is -3.53. The maximum absolute atomic E-state index is 13.5.